The minimum atomic E-state index is 0.211. The Hall–Kier alpha value is -0.710. The fourth-order valence-corrected chi connectivity index (χ4v) is 4.13. The van der Waals surface area contributed by atoms with Crippen LogP contribution in [0.4, 0.5) is 0 Å². The number of rotatable bonds is 7. The molecule has 20 heavy (non-hydrogen) atoms. The molecule has 2 fully saturated rings. The first-order chi connectivity index (χ1) is 9.85. The van der Waals surface area contributed by atoms with Gasteiger partial charge in [-0.15, -0.1) is 0 Å². The van der Waals surface area contributed by atoms with Crippen LogP contribution in [0.2, 0.25) is 0 Å². The van der Waals surface area contributed by atoms with Gasteiger partial charge in [0.1, 0.15) is 5.75 Å². The number of nitrogens with one attached hydrogen (secondary N) is 1. The van der Waals surface area contributed by atoms with Crippen LogP contribution in [0.25, 0.3) is 0 Å². The van der Waals surface area contributed by atoms with Gasteiger partial charge in [-0.2, -0.15) is 11.8 Å². The molecule has 0 spiro atoms. The van der Waals surface area contributed by atoms with Crippen molar-refractivity contribution in [2.75, 3.05) is 5.75 Å². The largest absolute Gasteiger partial charge is 0.490 e. The summed E-state index contributed by atoms with van der Waals surface area (Å²) in [6.45, 7) is 0. The highest BCUT2D eigenvalue weighted by Gasteiger charge is 2.24. The third kappa shape index (κ3) is 3.90. The highest BCUT2D eigenvalue weighted by molar-refractivity contribution is 7.99. The van der Waals surface area contributed by atoms with Gasteiger partial charge in [-0.05, 0) is 43.4 Å². The zero-order valence-corrected chi connectivity index (χ0v) is 12.7. The molecule has 0 heterocycles. The van der Waals surface area contributed by atoms with Crippen molar-refractivity contribution in [1.82, 2.24) is 5.43 Å². The van der Waals surface area contributed by atoms with Crippen molar-refractivity contribution in [1.29, 1.82) is 0 Å². The van der Waals surface area contributed by atoms with E-state index >= 15 is 0 Å². The first kappa shape index (κ1) is 14.2. The number of thioether (sulfide) groups is 1. The summed E-state index contributed by atoms with van der Waals surface area (Å²) in [5.74, 6) is 7.77. The van der Waals surface area contributed by atoms with Crippen molar-refractivity contribution in [3.8, 4) is 5.75 Å². The average molecular weight is 292 g/mol. The Morgan fingerprint density at radius 2 is 2.05 bits per heavy atom. The van der Waals surface area contributed by atoms with Crippen LogP contribution >= 0.6 is 11.8 Å². The third-order valence-electron chi connectivity index (χ3n) is 4.09. The molecule has 2 aliphatic carbocycles. The minimum Gasteiger partial charge on any atom is -0.490 e. The van der Waals surface area contributed by atoms with Gasteiger partial charge in [0, 0.05) is 11.0 Å². The zero-order valence-electron chi connectivity index (χ0n) is 11.9. The van der Waals surface area contributed by atoms with Crippen LogP contribution in [0.5, 0.6) is 5.75 Å². The molecule has 1 unspecified atom stereocenters. The Kier molecular flexibility index (Phi) is 4.86. The molecule has 3 N–H and O–H groups in total. The Morgan fingerprint density at radius 1 is 1.25 bits per heavy atom. The zero-order chi connectivity index (χ0) is 13.8. The summed E-state index contributed by atoms with van der Waals surface area (Å²) < 4.78 is 5.86. The second-order valence-electron chi connectivity index (χ2n) is 5.85. The van der Waals surface area contributed by atoms with E-state index in [-0.39, 0.29) is 6.04 Å². The summed E-state index contributed by atoms with van der Waals surface area (Å²) in [6, 6.07) is 8.60. The van der Waals surface area contributed by atoms with Gasteiger partial charge in [-0.1, -0.05) is 25.0 Å². The normalized spacial score (nSPS) is 21.1. The number of ether oxygens (including phenoxy) is 1. The Labute approximate surface area is 125 Å². The monoisotopic (exact) mass is 292 g/mol. The van der Waals surface area contributed by atoms with Crippen molar-refractivity contribution >= 4 is 11.8 Å². The van der Waals surface area contributed by atoms with E-state index in [0.29, 0.717) is 6.10 Å². The predicted octanol–water partition coefficient (Wildman–Crippen LogP) is 3.41. The molecule has 3 nitrogen and oxygen atoms in total. The van der Waals surface area contributed by atoms with Crippen LogP contribution in [0, 0.1) is 0 Å². The van der Waals surface area contributed by atoms with Crippen molar-refractivity contribution in [2.24, 2.45) is 5.84 Å². The van der Waals surface area contributed by atoms with Gasteiger partial charge < -0.3 is 4.74 Å². The SMILES string of the molecule is NNC(CSC1CCCC1)c1cccc(OC2CC2)c1. The molecule has 0 bridgehead atoms. The second kappa shape index (κ2) is 6.83. The molecule has 2 saturated carbocycles. The van der Waals surface area contributed by atoms with E-state index in [2.05, 4.69) is 35.4 Å². The van der Waals surface area contributed by atoms with Crippen molar-refractivity contribution in [2.45, 2.75) is 55.9 Å². The maximum Gasteiger partial charge on any atom is 0.120 e. The van der Waals surface area contributed by atoms with Crippen LogP contribution in [0.1, 0.15) is 50.1 Å². The molecular formula is C16H24N2OS. The van der Waals surface area contributed by atoms with E-state index < -0.39 is 0 Å². The van der Waals surface area contributed by atoms with Crippen LogP contribution in [0.15, 0.2) is 24.3 Å². The average Bonchev–Trinajstić information content (AvgIpc) is 3.13. The fourth-order valence-electron chi connectivity index (χ4n) is 2.71. The number of hydrogen-bond acceptors (Lipinski definition) is 4. The molecule has 3 rings (SSSR count). The molecule has 1 aromatic rings. The number of nitrogens with two attached hydrogens (primary N) is 1. The molecule has 110 valence electrons. The highest BCUT2D eigenvalue weighted by Crippen LogP contribution is 2.33. The van der Waals surface area contributed by atoms with Crippen molar-refractivity contribution in [3.05, 3.63) is 29.8 Å². The number of hydrogen-bond donors (Lipinski definition) is 2. The lowest BCUT2D eigenvalue weighted by atomic mass is 10.1. The molecule has 0 amide bonds. The van der Waals surface area contributed by atoms with Gasteiger partial charge in [-0.3, -0.25) is 11.3 Å². The molecule has 0 saturated heterocycles. The van der Waals surface area contributed by atoms with Crippen molar-refractivity contribution < 1.29 is 4.74 Å². The standard InChI is InChI=1S/C16H24N2OS/c17-18-16(11-20-15-6-1-2-7-15)12-4-3-5-14(10-12)19-13-8-9-13/h3-5,10,13,15-16,18H,1-2,6-9,11,17H2. The van der Waals surface area contributed by atoms with E-state index in [1.807, 2.05) is 6.07 Å². The number of hydrazine groups is 1. The molecular weight excluding hydrogens is 268 g/mol. The Balaban J connectivity index is 1.58. The van der Waals surface area contributed by atoms with Crippen LogP contribution < -0.4 is 16.0 Å². The van der Waals surface area contributed by atoms with Gasteiger partial charge in [0.25, 0.3) is 0 Å². The molecule has 1 aromatic carbocycles. The van der Waals surface area contributed by atoms with Gasteiger partial charge in [0.15, 0.2) is 0 Å². The van der Waals surface area contributed by atoms with E-state index in [4.69, 9.17) is 10.6 Å². The smallest absolute Gasteiger partial charge is 0.120 e. The maximum absolute atomic E-state index is 5.86. The van der Waals surface area contributed by atoms with Crippen LogP contribution in [0.3, 0.4) is 0 Å². The van der Waals surface area contributed by atoms with E-state index in [1.54, 1.807) is 0 Å². The summed E-state index contributed by atoms with van der Waals surface area (Å²) in [7, 11) is 0. The lowest BCUT2D eigenvalue weighted by Crippen LogP contribution is -2.30. The summed E-state index contributed by atoms with van der Waals surface area (Å²) in [4.78, 5) is 0. The maximum atomic E-state index is 5.86. The minimum absolute atomic E-state index is 0.211. The van der Waals surface area contributed by atoms with Gasteiger partial charge in [0.2, 0.25) is 0 Å². The highest BCUT2D eigenvalue weighted by atomic mass is 32.2. The third-order valence-corrected chi connectivity index (χ3v) is 5.56. The molecule has 1 atom stereocenters. The second-order valence-corrected chi connectivity index (χ2v) is 7.18. The van der Waals surface area contributed by atoms with E-state index in [0.717, 1.165) is 16.8 Å². The first-order valence-corrected chi connectivity index (χ1v) is 8.74. The molecule has 4 heteroatoms. The number of benzene rings is 1. The van der Waals surface area contributed by atoms with Gasteiger partial charge >= 0.3 is 0 Å². The lowest BCUT2D eigenvalue weighted by Gasteiger charge is -2.19. The van der Waals surface area contributed by atoms with Crippen LogP contribution in [-0.4, -0.2) is 17.1 Å². The predicted molar refractivity (Wildman–Crippen MR) is 84.9 cm³/mol. The first-order valence-electron chi connectivity index (χ1n) is 7.69. The molecule has 2 aliphatic rings. The van der Waals surface area contributed by atoms with Crippen LogP contribution in [-0.2, 0) is 0 Å². The lowest BCUT2D eigenvalue weighted by molar-refractivity contribution is 0.302. The fraction of sp³-hybridized carbons (Fsp3) is 0.625. The Morgan fingerprint density at radius 3 is 2.75 bits per heavy atom. The topological polar surface area (TPSA) is 47.3 Å². The molecule has 0 aromatic heterocycles. The van der Waals surface area contributed by atoms with E-state index in [9.17, 15) is 0 Å². The summed E-state index contributed by atoms with van der Waals surface area (Å²) in [6.07, 6.45) is 8.36. The van der Waals surface area contributed by atoms with E-state index in [1.165, 1.54) is 44.1 Å². The summed E-state index contributed by atoms with van der Waals surface area (Å²) >= 11 is 2.06. The Bertz CT molecular complexity index is 430. The van der Waals surface area contributed by atoms with Gasteiger partial charge in [-0.25, -0.2) is 0 Å². The van der Waals surface area contributed by atoms with Gasteiger partial charge in [0.05, 0.1) is 12.1 Å². The molecule has 0 aliphatic heterocycles. The quantitative estimate of drug-likeness (QED) is 0.597. The summed E-state index contributed by atoms with van der Waals surface area (Å²) in [5.41, 5.74) is 4.19. The molecule has 0 radical (unpaired) electrons. The van der Waals surface area contributed by atoms with Crippen molar-refractivity contribution in [3.63, 3.8) is 0 Å². The summed E-state index contributed by atoms with van der Waals surface area (Å²) in [5, 5.41) is 0.830.